The van der Waals surface area contributed by atoms with Crippen LogP contribution >= 0.6 is 83.7 Å². The first kappa shape index (κ1) is 119. The summed E-state index contributed by atoms with van der Waals surface area (Å²) in [5, 5.41) is 58.0. The third kappa shape index (κ3) is 37.0. The van der Waals surface area contributed by atoms with Crippen molar-refractivity contribution in [1.29, 1.82) is 0 Å². The van der Waals surface area contributed by atoms with Gasteiger partial charge in [0.15, 0.2) is 22.8 Å². The quantitative estimate of drug-likeness (QED) is 0.0191. The van der Waals surface area contributed by atoms with Crippen molar-refractivity contribution in [2.45, 2.75) is 308 Å². The van der Waals surface area contributed by atoms with Crippen LogP contribution in [0.15, 0.2) is 78.3 Å². The highest BCUT2D eigenvalue weighted by Gasteiger charge is 2.40. The highest BCUT2D eigenvalue weighted by Crippen LogP contribution is 2.40. The maximum Gasteiger partial charge on any atom is 0.570 e. The molecule has 12 N–H and O–H groups in total. The lowest BCUT2D eigenvalue weighted by Gasteiger charge is -2.36. The number of nitrogens with zero attached hydrogens (tertiary/aromatic N) is 16. The summed E-state index contributed by atoms with van der Waals surface area (Å²) < 4.78 is 72.7. The van der Waals surface area contributed by atoms with Gasteiger partial charge in [0.05, 0.1) is 63.0 Å². The molecule has 0 unspecified atom stereocenters. The van der Waals surface area contributed by atoms with E-state index in [-0.39, 0.29) is 52.3 Å². The number of amides is 3. The number of anilines is 3. The summed E-state index contributed by atoms with van der Waals surface area (Å²) in [6.07, 6.45) is 12.7. The van der Waals surface area contributed by atoms with Gasteiger partial charge >= 0.3 is 32.1 Å². The van der Waals surface area contributed by atoms with Gasteiger partial charge in [-0.15, -0.1) is 0 Å². The van der Waals surface area contributed by atoms with Crippen LogP contribution in [0, 0.1) is 18.0 Å². The average Bonchev–Trinajstić information content (AvgIpc) is 1.64. The summed E-state index contributed by atoms with van der Waals surface area (Å²) in [5.74, 6) is 1.95. The van der Waals surface area contributed by atoms with Crippen LogP contribution in [0.25, 0.3) is 44.0 Å². The number of pyridine rings is 1. The number of alkyl halides is 1. The Morgan fingerprint density at radius 3 is 1.30 bits per heavy atom. The van der Waals surface area contributed by atoms with Crippen LogP contribution in [0.2, 0.25) is 18.1 Å². The number of nitrogen functional groups attached to an aromatic ring is 3. The minimum absolute atomic E-state index is 0.0266. The summed E-state index contributed by atoms with van der Waals surface area (Å²) in [7, 11) is -4.22. The Hall–Kier alpha value is -7.44. The van der Waals surface area contributed by atoms with Crippen molar-refractivity contribution < 1.29 is 80.2 Å². The number of aromatic nitrogens is 12. The Balaban J connectivity index is 0.000000223. The van der Waals surface area contributed by atoms with E-state index in [0.717, 1.165) is 159 Å². The van der Waals surface area contributed by atoms with Crippen LogP contribution in [-0.4, -0.2) is 285 Å². The summed E-state index contributed by atoms with van der Waals surface area (Å²) in [4.78, 5) is 77.9. The van der Waals surface area contributed by atoms with E-state index < -0.39 is 53.0 Å². The van der Waals surface area contributed by atoms with Crippen molar-refractivity contribution in [1.82, 2.24) is 89.1 Å². The summed E-state index contributed by atoms with van der Waals surface area (Å²) in [5.41, 5.74) is 20.6. The predicted molar refractivity (Wildman–Crippen MR) is 575 cm³/mol. The molecule has 15 rings (SSSR count). The molecule has 0 spiro atoms. The van der Waals surface area contributed by atoms with Crippen LogP contribution in [0.3, 0.4) is 0 Å². The van der Waals surface area contributed by atoms with Crippen molar-refractivity contribution in [3.05, 3.63) is 90.1 Å². The lowest BCUT2D eigenvalue weighted by Crippen LogP contribution is -2.43. The molecule has 0 bridgehead atoms. The Kier molecular flexibility index (Phi) is 45.5. The zero-order chi connectivity index (χ0) is 104. The maximum absolute atomic E-state index is 12.6. The van der Waals surface area contributed by atoms with Crippen molar-refractivity contribution in [2.24, 2.45) is 0 Å². The number of aliphatic hydroxyl groups is 3. The second-order valence-electron chi connectivity index (χ2n) is 40.6. The monoisotopic (exact) mass is 2370 g/mol. The number of carbonyl (C=O) groups is 4. The molecule has 139 heavy (non-hydrogen) atoms. The highest BCUT2D eigenvalue weighted by atomic mass is 127. The number of likely N-dealkylation sites (tertiary alicyclic amines) is 4. The van der Waals surface area contributed by atoms with E-state index in [2.05, 4.69) is 201 Å². The predicted octanol–water partition coefficient (Wildman–Crippen LogP) is 16.5. The fourth-order valence-corrected chi connectivity index (χ4v) is 19.4. The maximum atomic E-state index is 12.6. The molecule has 6 saturated heterocycles. The smallest absolute Gasteiger partial charge is 0.543 e. The van der Waals surface area contributed by atoms with Gasteiger partial charge in [-0.2, -0.15) is 23.7 Å². The van der Waals surface area contributed by atoms with E-state index in [1.807, 2.05) is 95.4 Å². The first-order valence-corrected chi connectivity index (χ1v) is 55.7. The Morgan fingerprint density at radius 2 is 0.899 bits per heavy atom. The summed E-state index contributed by atoms with van der Waals surface area (Å²) in [6.45, 7) is 53.1. The third-order valence-electron chi connectivity index (χ3n) is 23.0. The molecule has 2 aromatic carbocycles. The molecule has 3 amide bonds. The molecule has 1 radical (unpaired) electrons. The van der Waals surface area contributed by atoms with Crippen LogP contribution in [0.1, 0.15) is 232 Å². The van der Waals surface area contributed by atoms with E-state index >= 15 is 0 Å². The lowest BCUT2D eigenvalue weighted by molar-refractivity contribution is 0.00954. The number of piperidine rings is 6. The Bertz CT molecular complexity index is 5510. The van der Waals surface area contributed by atoms with Gasteiger partial charge < -0.3 is 95.8 Å². The molecule has 6 fully saturated rings. The molecule has 45 heteroatoms. The number of halogens is 4. The van der Waals surface area contributed by atoms with Crippen LogP contribution < -0.4 is 36.9 Å². The number of ether oxygens (including phenoxy) is 4. The second kappa shape index (κ2) is 53.4. The molecule has 38 nitrogen and oxygen atoms in total. The minimum atomic E-state index is -3.78. The van der Waals surface area contributed by atoms with E-state index in [9.17, 15) is 32.7 Å². The molecule has 6 aliphatic rings. The number of carbonyl (C=O) groups excluding carboxylic acids is 4. The molecule has 13 heterocycles. The van der Waals surface area contributed by atoms with Gasteiger partial charge in [0.2, 0.25) is 8.32 Å². The van der Waals surface area contributed by atoms with Gasteiger partial charge in [-0.25, -0.2) is 62.7 Å². The Morgan fingerprint density at radius 1 is 0.518 bits per heavy atom. The van der Waals surface area contributed by atoms with Gasteiger partial charge in [-0.3, -0.25) is 4.18 Å². The minimum Gasteiger partial charge on any atom is -0.543 e. The summed E-state index contributed by atoms with van der Waals surface area (Å²) >= 11 is 9.87. The molecule has 0 atom stereocenters. The molecular formula is C94H149BBrI3N21O17SSi. The van der Waals surface area contributed by atoms with Gasteiger partial charge in [0.25, 0.3) is 10.1 Å². The van der Waals surface area contributed by atoms with Gasteiger partial charge in [-0.05, 0) is 329 Å². The topological polar surface area (TPSA) is 486 Å². The number of aryl methyl sites for hydroxylation is 1. The Labute approximate surface area is 870 Å². The van der Waals surface area contributed by atoms with Gasteiger partial charge in [0.1, 0.15) is 63.5 Å². The largest absolute Gasteiger partial charge is 0.570 e. The molecule has 773 valence electrons. The van der Waals surface area contributed by atoms with Crippen molar-refractivity contribution >= 4 is 196 Å². The van der Waals surface area contributed by atoms with Gasteiger partial charge in [0, 0.05) is 93.7 Å². The number of hydrogen-bond donors (Lipinski definition) is 9. The third-order valence-corrected chi connectivity index (χ3v) is 31.0. The number of hydrogen-bond acceptors (Lipinski definition) is 31. The van der Waals surface area contributed by atoms with Crippen LogP contribution in [-0.2, 0) is 33.2 Å². The number of nitrogens with one attached hydrogen (secondary N) is 2. The second-order valence-corrected chi connectivity index (χ2v) is 51.8. The number of benzene rings is 2. The first-order chi connectivity index (χ1) is 64.9. The molecule has 0 saturated carbocycles. The van der Waals surface area contributed by atoms with E-state index in [1.54, 1.807) is 84.1 Å². The van der Waals surface area contributed by atoms with Crippen LogP contribution in [0.4, 0.5) is 36.5 Å². The van der Waals surface area contributed by atoms with E-state index in [0.29, 0.717) is 118 Å². The SMILES string of the molecule is CC(C)(C)OC(=O)N1CCC(O)CC1.CC(C)(C)OC(=O)N1CCC(n2nc(I)c3c(N)ccnc32)CC1.CC(C)(C)OC(=O)n1c(O[B]O)cc2cc(O[Si](C)(C)C(C)(C)C)ccc21.CC(C)Br.CC(C)N1CCC(n2nc(I)c3c(N)ncnc32)CC1.CO.Cc1ccc(S(=O)(=O)OC2CCN(C(=O)OC(C)(C)C)CC2)cc1.Nc1ncnc2c1c(I)nn2C1CCNCC1.OC1CCNCC1. The van der Waals surface area contributed by atoms with Crippen molar-refractivity contribution in [3.8, 4) is 11.6 Å². The van der Waals surface area contributed by atoms with E-state index in [1.165, 1.54) is 17.2 Å². The zero-order valence-electron chi connectivity index (χ0n) is 85.0. The zero-order valence-corrected chi connectivity index (χ0v) is 94.9. The number of nitrogens with two attached hydrogens (primary N) is 3. The standard InChI is InChI=1S/C19H29BNO5Si.C17H25NO5S.C16H22IN5O2.C13H19IN6.C10H13IN6.C10H19NO3.C5H11NO.C3H7Br.CH4O/c1-18(2,3)24-17(22)21-15-10-9-14(26-27(7,8)19(4,5)6)11-13(15)12-16(21)25-20-23;1-13-5-7-15(8-6-13)24(20,21)23-14-9-11-18(12-10-14)16(19)22-17(2,3)4;1-16(2,3)24-15(23)21-8-5-10(6-9-21)22-14-12(13(17)20-22)11(18)4-7-19-14;1-8(2)19-5-3-9(4-6-19)20-13-10(11(14)18-20)12(15)16-7-17-13;11-8-7-9(12)14-5-15-10(7)17(16-8)6-1-3-13-4-2-6;1-10(2,3)14-9(13)11-6-4-8(12)5-7-11;7-5-1-3-6-4-2-5;1-3(2)4;1-2/h9-12,23H,1-8H3;5-8,14H,9-12H2,1-4H3;4,7,10H,5-6,8-9H2,1-3H3,(H2,18,19);7-9H,3-6H2,1-2H3,(H2,15,16,17);5-6,13H,1-4H2,(H2,12,14,15);8,12H,4-7H2,1-3H3;5-7H,1-4H2;3H,1-2H3;2H,1H3. The highest BCUT2D eigenvalue weighted by molar-refractivity contribution is 14.1. The normalized spacial score (nSPS) is 16.6. The first-order valence-electron chi connectivity index (χ1n) is 47.2. The number of fused-ring (bicyclic) bond motifs is 4. The molecule has 0 aliphatic carbocycles. The number of rotatable bonds is 11. The van der Waals surface area contributed by atoms with Crippen molar-refractivity contribution in [3.63, 3.8) is 0 Å². The average molecular weight is 2380 g/mol. The van der Waals surface area contributed by atoms with Crippen molar-refractivity contribution in [2.75, 3.05) is 103 Å². The van der Waals surface area contributed by atoms with E-state index in [4.69, 9.17) is 64.6 Å². The molecule has 7 aromatic heterocycles. The molecule has 6 aliphatic heterocycles. The fourth-order valence-electron chi connectivity index (χ4n) is 14.9. The summed E-state index contributed by atoms with van der Waals surface area (Å²) in [6, 6.07) is 17.2. The van der Waals surface area contributed by atoms with Crippen LogP contribution in [0.5, 0.6) is 11.6 Å². The lowest BCUT2D eigenvalue weighted by atomic mass is 10.0. The molecular weight excluding hydrogens is 2230 g/mol. The van der Waals surface area contributed by atoms with Gasteiger partial charge in [-0.1, -0.05) is 68.2 Å². The number of aliphatic hydroxyl groups excluding tert-OH is 3. The fraction of sp³-hybridized carbons (Fsp3) is 0.638. The molecule has 9 aromatic rings.